The van der Waals surface area contributed by atoms with Crippen LogP contribution in [0.25, 0.3) is 0 Å². The largest absolute Gasteiger partial charge is 0.494 e. The number of allylic oxidation sites excluding steroid dienone is 3. The Morgan fingerprint density at radius 1 is 1.33 bits per heavy atom. The Morgan fingerprint density at radius 2 is 2.07 bits per heavy atom. The minimum Gasteiger partial charge on any atom is -0.494 e. The van der Waals surface area contributed by atoms with Gasteiger partial charge in [0.05, 0.1) is 13.3 Å². The first-order chi connectivity index (χ1) is 14.2. The highest BCUT2D eigenvalue weighted by molar-refractivity contribution is 7.93. The topological polar surface area (TPSA) is 111 Å². The number of pyridine rings is 1. The standard InChI is InChI=1S/C21H22FN3O4S/c1-21(12-14-6-3-4-8-16(14)22)10-5-7-15(20(23)26)19(21)30(27,28)25-17-13-24-11-9-18(17)29-2/h3-11,13,19,25H,12H2,1-2H3,(H2,23,26). The van der Waals surface area contributed by atoms with Crippen molar-refractivity contribution in [3.05, 3.63) is 77.9 Å². The number of anilines is 1. The SMILES string of the molecule is COc1ccncc1NS(=O)(=O)C1C(C(N)=O)=CC=CC1(C)Cc1ccccc1F. The van der Waals surface area contributed by atoms with Crippen LogP contribution in [0, 0.1) is 11.2 Å². The number of amides is 1. The van der Waals surface area contributed by atoms with Crippen LogP contribution in [0.4, 0.5) is 10.1 Å². The van der Waals surface area contributed by atoms with Crippen LogP contribution >= 0.6 is 0 Å². The second-order valence-corrected chi connectivity index (χ2v) is 8.99. The van der Waals surface area contributed by atoms with E-state index in [1.807, 2.05) is 0 Å². The van der Waals surface area contributed by atoms with Crippen molar-refractivity contribution in [2.24, 2.45) is 11.1 Å². The number of carbonyl (C=O) groups is 1. The van der Waals surface area contributed by atoms with Crippen molar-refractivity contribution in [1.29, 1.82) is 0 Å². The molecule has 0 bridgehead atoms. The third-order valence-corrected chi connectivity index (χ3v) is 6.93. The zero-order chi connectivity index (χ0) is 21.9. The predicted octanol–water partition coefficient (Wildman–Crippen LogP) is 2.57. The van der Waals surface area contributed by atoms with E-state index in [1.54, 1.807) is 37.3 Å². The molecule has 3 rings (SSSR count). The molecular weight excluding hydrogens is 409 g/mol. The van der Waals surface area contributed by atoms with Crippen LogP contribution in [0.1, 0.15) is 12.5 Å². The number of nitrogens with one attached hydrogen (secondary N) is 1. The first-order valence-corrected chi connectivity index (χ1v) is 10.6. The zero-order valence-electron chi connectivity index (χ0n) is 16.5. The summed E-state index contributed by atoms with van der Waals surface area (Å²) in [6, 6.07) is 7.61. The van der Waals surface area contributed by atoms with Gasteiger partial charge >= 0.3 is 0 Å². The lowest BCUT2D eigenvalue weighted by atomic mass is 9.75. The van der Waals surface area contributed by atoms with Gasteiger partial charge in [0.1, 0.15) is 22.5 Å². The minimum atomic E-state index is -4.22. The number of hydrogen-bond donors (Lipinski definition) is 2. The molecule has 1 aliphatic carbocycles. The average Bonchev–Trinajstić information content (AvgIpc) is 2.69. The molecule has 0 radical (unpaired) electrons. The number of sulfonamides is 1. The van der Waals surface area contributed by atoms with Gasteiger partial charge in [-0.2, -0.15) is 0 Å². The molecule has 7 nitrogen and oxygen atoms in total. The van der Waals surface area contributed by atoms with E-state index < -0.39 is 32.4 Å². The van der Waals surface area contributed by atoms with Crippen molar-refractivity contribution in [2.75, 3.05) is 11.8 Å². The number of methoxy groups -OCH3 is 1. The number of halogens is 1. The lowest BCUT2D eigenvalue weighted by Crippen LogP contribution is -2.47. The van der Waals surface area contributed by atoms with Crippen molar-refractivity contribution in [2.45, 2.75) is 18.6 Å². The molecule has 0 aliphatic heterocycles. The first-order valence-electron chi connectivity index (χ1n) is 9.10. The second-order valence-electron chi connectivity index (χ2n) is 7.22. The van der Waals surface area contributed by atoms with Gasteiger partial charge in [-0.1, -0.05) is 43.4 Å². The summed E-state index contributed by atoms with van der Waals surface area (Å²) < 4.78 is 48.9. The Kier molecular flexibility index (Phi) is 5.93. The number of nitrogens with zero attached hydrogens (tertiary/aromatic N) is 1. The third-order valence-electron chi connectivity index (χ3n) is 5.01. The highest BCUT2D eigenvalue weighted by Crippen LogP contribution is 2.41. The number of primary amides is 1. The summed E-state index contributed by atoms with van der Waals surface area (Å²) in [7, 11) is -2.82. The van der Waals surface area contributed by atoms with Crippen molar-refractivity contribution in [3.63, 3.8) is 0 Å². The Bertz CT molecular complexity index is 1130. The highest BCUT2D eigenvalue weighted by atomic mass is 32.2. The molecule has 1 amide bonds. The molecule has 3 N–H and O–H groups in total. The normalized spacial score (nSPS) is 21.0. The van der Waals surface area contributed by atoms with Crippen molar-refractivity contribution in [3.8, 4) is 5.75 Å². The van der Waals surface area contributed by atoms with Crippen LogP contribution in [0.5, 0.6) is 5.75 Å². The van der Waals surface area contributed by atoms with Gasteiger partial charge in [-0.25, -0.2) is 12.8 Å². The number of ether oxygens (including phenoxy) is 1. The molecule has 1 aromatic carbocycles. The number of rotatable bonds is 7. The average molecular weight is 431 g/mol. The number of carbonyl (C=O) groups excluding carboxylic acids is 1. The minimum absolute atomic E-state index is 0.0382. The molecule has 0 fully saturated rings. The van der Waals surface area contributed by atoms with E-state index in [2.05, 4.69) is 9.71 Å². The number of hydrogen-bond acceptors (Lipinski definition) is 5. The fourth-order valence-corrected chi connectivity index (χ4v) is 5.66. The van der Waals surface area contributed by atoms with Crippen LogP contribution in [-0.4, -0.2) is 31.7 Å². The van der Waals surface area contributed by atoms with Gasteiger partial charge in [-0.15, -0.1) is 0 Å². The summed E-state index contributed by atoms with van der Waals surface area (Å²) in [4.78, 5) is 16.0. The van der Waals surface area contributed by atoms with E-state index in [9.17, 15) is 17.6 Å². The van der Waals surface area contributed by atoms with E-state index in [4.69, 9.17) is 10.5 Å². The smallest absolute Gasteiger partial charge is 0.246 e. The summed E-state index contributed by atoms with van der Waals surface area (Å²) in [6.07, 6.45) is 7.38. The molecule has 158 valence electrons. The Labute approximate surface area is 174 Å². The second kappa shape index (κ2) is 8.27. The lowest BCUT2D eigenvalue weighted by Gasteiger charge is -2.37. The van der Waals surface area contributed by atoms with Gasteiger partial charge in [0.15, 0.2) is 0 Å². The molecule has 0 saturated heterocycles. The maximum atomic E-state index is 14.3. The molecule has 1 heterocycles. The van der Waals surface area contributed by atoms with E-state index >= 15 is 0 Å². The van der Waals surface area contributed by atoms with E-state index in [0.29, 0.717) is 5.56 Å². The molecule has 1 aliphatic rings. The molecule has 2 aromatic rings. The Morgan fingerprint density at radius 3 is 2.73 bits per heavy atom. The van der Waals surface area contributed by atoms with Crippen molar-refractivity contribution in [1.82, 2.24) is 4.98 Å². The zero-order valence-corrected chi connectivity index (χ0v) is 17.3. The molecule has 30 heavy (non-hydrogen) atoms. The van der Waals surface area contributed by atoms with Gasteiger partial charge in [0.2, 0.25) is 15.9 Å². The van der Waals surface area contributed by atoms with Crippen molar-refractivity contribution >= 4 is 21.6 Å². The van der Waals surface area contributed by atoms with E-state index in [1.165, 1.54) is 37.7 Å². The lowest BCUT2D eigenvalue weighted by molar-refractivity contribution is -0.114. The Balaban J connectivity index is 2.07. The first kappa shape index (κ1) is 21.5. The summed E-state index contributed by atoms with van der Waals surface area (Å²) in [5.74, 6) is -1.06. The van der Waals surface area contributed by atoms with Crippen LogP contribution in [0.3, 0.4) is 0 Å². The molecule has 2 unspecified atom stereocenters. The van der Waals surface area contributed by atoms with Crippen LogP contribution in [0.15, 0.2) is 66.5 Å². The summed E-state index contributed by atoms with van der Waals surface area (Å²) in [5.41, 5.74) is 4.71. The maximum absolute atomic E-state index is 14.3. The van der Waals surface area contributed by atoms with E-state index in [0.717, 1.165) is 0 Å². The van der Waals surface area contributed by atoms with Crippen molar-refractivity contribution < 1.29 is 22.3 Å². The number of nitrogens with two attached hydrogens (primary N) is 1. The summed E-state index contributed by atoms with van der Waals surface area (Å²) >= 11 is 0. The fraction of sp³-hybridized carbons (Fsp3) is 0.238. The molecule has 0 saturated carbocycles. The summed E-state index contributed by atoms with van der Waals surface area (Å²) in [5, 5.41) is -1.36. The van der Waals surface area contributed by atoms with Crippen LogP contribution in [0.2, 0.25) is 0 Å². The third kappa shape index (κ3) is 4.20. The molecule has 0 spiro atoms. The molecule has 9 heteroatoms. The van der Waals surface area contributed by atoms with Gasteiger partial charge in [0, 0.05) is 23.3 Å². The predicted molar refractivity (Wildman–Crippen MR) is 112 cm³/mol. The Hall–Kier alpha value is -3.20. The van der Waals surface area contributed by atoms with Gasteiger partial charge < -0.3 is 10.5 Å². The van der Waals surface area contributed by atoms with Gasteiger partial charge in [0.25, 0.3) is 0 Å². The number of aromatic nitrogens is 1. The van der Waals surface area contributed by atoms with Crippen LogP contribution in [-0.2, 0) is 21.2 Å². The monoisotopic (exact) mass is 431 g/mol. The highest BCUT2D eigenvalue weighted by Gasteiger charge is 2.47. The van der Waals surface area contributed by atoms with Crippen LogP contribution < -0.4 is 15.2 Å². The van der Waals surface area contributed by atoms with Gasteiger partial charge in [-0.05, 0) is 18.1 Å². The fourth-order valence-electron chi connectivity index (χ4n) is 3.69. The summed E-state index contributed by atoms with van der Waals surface area (Å²) in [6.45, 7) is 1.65. The maximum Gasteiger partial charge on any atom is 0.246 e. The molecule has 2 atom stereocenters. The number of benzene rings is 1. The van der Waals surface area contributed by atoms with Gasteiger partial charge in [-0.3, -0.25) is 14.5 Å². The van der Waals surface area contributed by atoms with E-state index in [-0.39, 0.29) is 23.4 Å². The quantitative estimate of drug-likeness (QED) is 0.700. The molecule has 1 aromatic heterocycles. The molecular formula is C21H22FN3O4S.